The molecule has 0 aliphatic heterocycles. The van der Waals surface area contributed by atoms with Crippen LogP contribution in [0.5, 0.6) is 0 Å². The molecule has 0 aromatic carbocycles. The fraction of sp³-hybridized carbons (Fsp3) is 0.200. The molecule has 0 aliphatic rings. The van der Waals surface area contributed by atoms with Gasteiger partial charge in [-0.05, 0) is 24.1 Å². The van der Waals surface area contributed by atoms with E-state index in [9.17, 15) is 4.79 Å². The van der Waals surface area contributed by atoms with Crippen molar-refractivity contribution in [3.8, 4) is 0 Å². The van der Waals surface area contributed by atoms with Crippen LogP contribution in [0.3, 0.4) is 0 Å². The van der Waals surface area contributed by atoms with Crippen LogP contribution < -0.4 is 0 Å². The van der Waals surface area contributed by atoms with Gasteiger partial charge in [-0.3, -0.25) is 0 Å². The van der Waals surface area contributed by atoms with Crippen molar-refractivity contribution < 1.29 is 9.90 Å². The summed E-state index contributed by atoms with van der Waals surface area (Å²) in [6, 6.07) is 3.69. The summed E-state index contributed by atoms with van der Waals surface area (Å²) in [7, 11) is 0. The number of hydrogen-bond donors (Lipinski definition) is 2. The number of nitrogens with one attached hydrogen (secondary N) is 1. The molecule has 4 heteroatoms. The topological polar surface area (TPSA) is 66.0 Å². The molecule has 2 aromatic rings. The van der Waals surface area contributed by atoms with Crippen molar-refractivity contribution in [1.82, 2.24) is 9.97 Å². The number of pyridine rings is 1. The zero-order valence-electron chi connectivity index (χ0n) is 7.74. The van der Waals surface area contributed by atoms with Gasteiger partial charge in [-0.25, -0.2) is 9.78 Å². The van der Waals surface area contributed by atoms with E-state index in [1.807, 2.05) is 13.0 Å². The van der Waals surface area contributed by atoms with Gasteiger partial charge in [0.25, 0.3) is 0 Å². The Balaban J connectivity index is 2.78. The van der Waals surface area contributed by atoms with Crippen molar-refractivity contribution >= 4 is 17.0 Å². The number of carbonyl (C=O) groups is 1. The van der Waals surface area contributed by atoms with E-state index in [0.29, 0.717) is 12.1 Å². The van der Waals surface area contributed by atoms with Crippen LogP contribution in [0.25, 0.3) is 11.0 Å². The van der Waals surface area contributed by atoms with Crippen LogP contribution in [0.1, 0.15) is 23.0 Å². The van der Waals surface area contributed by atoms with Gasteiger partial charge >= 0.3 is 5.97 Å². The number of aromatic nitrogens is 2. The third-order valence-corrected chi connectivity index (χ3v) is 2.25. The molecule has 14 heavy (non-hydrogen) atoms. The Morgan fingerprint density at radius 1 is 1.64 bits per heavy atom. The SMILES string of the molecule is CCc1c(C(=O)O)[nH]c2ncccc12. The summed E-state index contributed by atoms with van der Waals surface area (Å²) in [4.78, 5) is 17.8. The maximum atomic E-state index is 10.9. The van der Waals surface area contributed by atoms with Gasteiger partial charge in [0, 0.05) is 11.6 Å². The van der Waals surface area contributed by atoms with E-state index in [4.69, 9.17) is 5.11 Å². The van der Waals surface area contributed by atoms with Crippen LogP contribution >= 0.6 is 0 Å². The normalized spacial score (nSPS) is 10.6. The van der Waals surface area contributed by atoms with Crippen LogP contribution in [0, 0.1) is 0 Å². The number of hydrogen-bond acceptors (Lipinski definition) is 2. The molecule has 4 nitrogen and oxygen atoms in total. The van der Waals surface area contributed by atoms with Gasteiger partial charge in [0.2, 0.25) is 0 Å². The van der Waals surface area contributed by atoms with Crippen LogP contribution in [0.15, 0.2) is 18.3 Å². The lowest BCUT2D eigenvalue weighted by molar-refractivity contribution is 0.0690. The molecule has 0 aliphatic carbocycles. The summed E-state index contributed by atoms with van der Waals surface area (Å²) in [6.07, 6.45) is 2.33. The number of carboxylic acids is 1. The fourth-order valence-electron chi connectivity index (χ4n) is 1.63. The smallest absolute Gasteiger partial charge is 0.352 e. The average Bonchev–Trinajstić information content (AvgIpc) is 2.56. The summed E-state index contributed by atoms with van der Waals surface area (Å²) < 4.78 is 0. The van der Waals surface area contributed by atoms with Gasteiger partial charge in [-0.15, -0.1) is 0 Å². The van der Waals surface area contributed by atoms with Gasteiger partial charge in [-0.1, -0.05) is 6.92 Å². The number of aryl methyl sites for hydroxylation is 1. The van der Waals surface area contributed by atoms with Gasteiger partial charge < -0.3 is 10.1 Å². The predicted octanol–water partition coefficient (Wildman–Crippen LogP) is 1.82. The molecule has 0 amide bonds. The summed E-state index contributed by atoms with van der Waals surface area (Å²) in [5, 5.41) is 9.83. The molecule has 72 valence electrons. The summed E-state index contributed by atoms with van der Waals surface area (Å²) in [5.41, 5.74) is 1.71. The second-order valence-electron chi connectivity index (χ2n) is 3.04. The first-order valence-corrected chi connectivity index (χ1v) is 4.43. The molecule has 2 N–H and O–H groups in total. The standard InChI is InChI=1S/C10H10N2O2/c1-2-6-7-4-3-5-11-9(7)12-8(6)10(13)14/h3-5H,2H2,1H3,(H,11,12)(H,13,14). The molecule has 0 fully saturated rings. The molecule has 0 bridgehead atoms. The van der Waals surface area contributed by atoms with Crippen LogP contribution in [0.4, 0.5) is 0 Å². The number of aromatic amines is 1. The minimum atomic E-state index is -0.931. The highest BCUT2D eigenvalue weighted by Gasteiger charge is 2.15. The van der Waals surface area contributed by atoms with Crippen molar-refractivity contribution in [3.63, 3.8) is 0 Å². The number of aromatic carboxylic acids is 1. The van der Waals surface area contributed by atoms with E-state index in [1.54, 1.807) is 12.3 Å². The minimum absolute atomic E-state index is 0.251. The van der Waals surface area contributed by atoms with Crippen LogP contribution in [-0.2, 0) is 6.42 Å². The number of fused-ring (bicyclic) bond motifs is 1. The van der Waals surface area contributed by atoms with Crippen LogP contribution in [0.2, 0.25) is 0 Å². The molecule has 0 saturated carbocycles. The Kier molecular flexibility index (Phi) is 1.96. The molecule has 2 rings (SSSR count). The highest BCUT2D eigenvalue weighted by molar-refractivity contribution is 5.96. The van der Waals surface area contributed by atoms with Crippen LogP contribution in [-0.4, -0.2) is 21.0 Å². The monoisotopic (exact) mass is 190 g/mol. The molecule has 2 aromatic heterocycles. The zero-order valence-corrected chi connectivity index (χ0v) is 7.74. The van der Waals surface area contributed by atoms with E-state index < -0.39 is 5.97 Å². The molecule has 2 heterocycles. The first-order valence-electron chi connectivity index (χ1n) is 4.43. The lowest BCUT2D eigenvalue weighted by Crippen LogP contribution is -2.00. The summed E-state index contributed by atoms with van der Waals surface area (Å²) >= 11 is 0. The highest BCUT2D eigenvalue weighted by atomic mass is 16.4. The van der Waals surface area contributed by atoms with Gasteiger partial charge in [-0.2, -0.15) is 0 Å². The summed E-state index contributed by atoms with van der Waals surface area (Å²) in [5.74, 6) is -0.931. The Morgan fingerprint density at radius 2 is 2.43 bits per heavy atom. The molecular formula is C10H10N2O2. The fourth-order valence-corrected chi connectivity index (χ4v) is 1.63. The molecule has 0 saturated heterocycles. The van der Waals surface area contributed by atoms with Gasteiger partial charge in [0.15, 0.2) is 0 Å². The number of carboxylic acid groups (broad SMARTS) is 1. The average molecular weight is 190 g/mol. The summed E-state index contributed by atoms with van der Waals surface area (Å²) in [6.45, 7) is 1.93. The molecule has 0 unspecified atom stereocenters. The first kappa shape index (κ1) is 8.74. The van der Waals surface area contributed by atoms with Gasteiger partial charge in [0.1, 0.15) is 11.3 Å². The van der Waals surface area contributed by atoms with E-state index in [0.717, 1.165) is 10.9 Å². The van der Waals surface area contributed by atoms with Crippen molar-refractivity contribution in [3.05, 3.63) is 29.6 Å². The Morgan fingerprint density at radius 3 is 3.07 bits per heavy atom. The number of H-pyrrole nitrogens is 1. The van der Waals surface area contributed by atoms with Crippen molar-refractivity contribution in [2.75, 3.05) is 0 Å². The van der Waals surface area contributed by atoms with Crippen molar-refractivity contribution in [1.29, 1.82) is 0 Å². The lowest BCUT2D eigenvalue weighted by atomic mass is 10.1. The molecule has 0 spiro atoms. The van der Waals surface area contributed by atoms with E-state index in [-0.39, 0.29) is 5.69 Å². The minimum Gasteiger partial charge on any atom is -0.477 e. The number of rotatable bonds is 2. The van der Waals surface area contributed by atoms with Crippen molar-refractivity contribution in [2.24, 2.45) is 0 Å². The van der Waals surface area contributed by atoms with Crippen molar-refractivity contribution in [2.45, 2.75) is 13.3 Å². The zero-order chi connectivity index (χ0) is 10.1. The maximum Gasteiger partial charge on any atom is 0.352 e. The Labute approximate surface area is 80.6 Å². The molecule has 0 atom stereocenters. The quantitative estimate of drug-likeness (QED) is 0.759. The Bertz CT molecular complexity index is 488. The lowest BCUT2D eigenvalue weighted by Gasteiger charge is -1.94. The number of nitrogens with zero attached hydrogens (tertiary/aromatic N) is 1. The highest BCUT2D eigenvalue weighted by Crippen LogP contribution is 2.20. The largest absolute Gasteiger partial charge is 0.477 e. The van der Waals surface area contributed by atoms with E-state index in [1.165, 1.54) is 0 Å². The van der Waals surface area contributed by atoms with E-state index in [2.05, 4.69) is 9.97 Å². The third kappa shape index (κ3) is 1.16. The van der Waals surface area contributed by atoms with Gasteiger partial charge in [0.05, 0.1) is 0 Å². The maximum absolute atomic E-state index is 10.9. The second kappa shape index (κ2) is 3.14. The Hall–Kier alpha value is -1.84. The first-order chi connectivity index (χ1) is 6.74. The second-order valence-corrected chi connectivity index (χ2v) is 3.04. The van der Waals surface area contributed by atoms with E-state index >= 15 is 0 Å². The molecular weight excluding hydrogens is 180 g/mol. The third-order valence-electron chi connectivity index (χ3n) is 2.25. The predicted molar refractivity (Wildman–Crippen MR) is 52.4 cm³/mol. The molecule has 0 radical (unpaired) electrons.